The lowest BCUT2D eigenvalue weighted by molar-refractivity contribution is 0.406. The van der Waals surface area contributed by atoms with Crippen molar-refractivity contribution in [1.29, 1.82) is 0 Å². The van der Waals surface area contributed by atoms with Crippen molar-refractivity contribution < 1.29 is 0 Å². The molecule has 3 nitrogen and oxygen atoms in total. The molecule has 4 heteroatoms. The summed E-state index contributed by atoms with van der Waals surface area (Å²) in [5, 5.41) is 1.11. The van der Waals surface area contributed by atoms with Crippen molar-refractivity contribution in [3.8, 4) is 0 Å². The van der Waals surface area contributed by atoms with E-state index in [1.165, 1.54) is 19.3 Å². The molecule has 1 atom stereocenters. The van der Waals surface area contributed by atoms with Gasteiger partial charge in [0.15, 0.2) is 0 Å². The molecule has 0 spiro atoms. The second-order valence-electron chi connectivity index (χ2n) is 4.45. The molecule has 1 saturated heterocycles. The Balaban J connectivity index is 2.03. The molecule has 0 radical (unpaired) electrons. The van der Waals surface area contributed by atoms with Gasteiger partial charge in [0.2, 0.25) is 0 Å². The van der Waals surface area contributed by atoms with Crippen LogP contribution in [0.3, 0.4) is 0 Å². The van der Waals surface area contributed by atoms with Gasteiger partial charge in [-0.25, -0.2) is 9.97 Å². The minimum atomic E-state index is 0.809. The van der Waals surface area contributed by atoms with E-state index in [2.05, 4.69) is 36.9 Å². The summed E-state index contributed by atoms with van der Waals surface area (Å²) in [5.74, 6) is 1.90. The average molecular weight is 284 g/mol. The third-order valence-corrected chi connectivity index (χ3v) is 3.61. The van der Waals surface area contributed by atoms with Crippen LogP contribution in [-0.4, -0.2) is 28.4 Å². The zero-order valence-electron chi connectivity index (χ0n) is 9.69. The number of rotatable bonds is 3. The Labute approximate surface area is 105 Å². The van der Waals surface area contributed by atoms with Crippen molar-refractivity contribution in [2.45, 2.75) is 26.2 Å². The van der Waals surface area contributed by atoms with Crippen LogP contribution in [0.2, 0.25) is 0 Å². The Bertz CT molecular complexity index is 341. The number of aromatic nitrogens is 2. The maximum absolute atomic E-state index is 4.36. The van der Waals surface area contributed by atoms with Crippen molar-refractivity contribution in [2.75, 3.05) is 23.3 Å². The molecule has 0 amide bonds. The van der Waals surface area contributed by atoms with E-state index < -0.39 is 0 Å². The van der Waals surface area contributed by atoms with Gasteiger partial charge >= 0.3 is 0 Å². The highest BCUT2D eigenvalue weighted by Gasteiger charge is 2.20. The van der Waals surface area contributed by atoms with Crippen LogP contribution in [0.4, 0.5) is 5.82 Å². The Morgan fingerprint density at radius 3 is 3.12 bits per heavy atom. The smallest absolute Gasteiger partial charge is 0.132 e. The van der Waals surface area contributed by atoms with Gasteiger partial charge in [0, 0.05) is 30.2 Å². The molecule has 1 aliphatic rings. The Kier molecular flexibility index (Phi) is 4.16. The maximum atomic E-state index is 4.36. The molecule has 0 saturated carbocycles. The van der Waals surface area contributed by atoms with Gasteiger partial charge in [-0.05, 0) is 32.1 Å². The number of aryl methyl sites for hydroxylation is 1. The minimum Gasteiger partial charge on any atom is -0.356 e. The molecule has 2 rings (SSSR count). The van der Waals surface area contributed by atoms with Crippen molar-refractivity contribution in [3.63, 3.8) is 0 Å². The van der Waals surface area contributed by atoms with Gasteiger partial charge in [-0.2, -0.15) is 0 Å². The van der Waals surface area contributed by atoms with Gasteiger partial charge in [-0.15, -0.1) is 0 Å². The van der Waals surface area contributed by atoms with Crippen LogP contribution in [0, 0.1) is 12.8 Å². The number of hydrogen-bond donors (Lipinski definition) is 0. The molecule has 1 unspecified atom stereocenters. The molecular formula is C12H18BrN3. The lowest BCUT2D eigenvalue weighted by Crippen LogP contribution is -2.36. The van der Waals surface area contributed by atoms with Gasteiger partial charge in [-0.1, -0.05) is 15.9 Å². The zero-order chi connectivity index (χ0) is 11.4. The largest absolute Gasteiger partial charge is 0.356 e. The highest BCUT2D eigenvalue weighted by Crippen LogP contribution is 2.24. The van der Waals surface area contributed by atoms with E-state index in [1.807, 2.05) is 6.92 Å². The Hall–Kier alpha value is -0.640. The van der Waals surface area contributed by atoms with Crippen LogP contribution in [0.1, 0.15) is 25.0 Å². The molecule has 0 aromatic carbocycles. The number of halogens is 1. The van der Waals surface area contributed by atoms with Crippen molar-refractivity contribution in [2.24, 2.45) is 5.92 Å². The Morgan fingerprint density at radius 2 is 2.38 bits per heavy atom. The van der Waals surface area contributed by atoms with E-state index >= 15 is 0 Å². The first-order valence-electron chi connectivity index (χ1n) is 5.89. The number of piperidine rings is 1. The first-order chi connectivity index (χ1) is 7.79. The lowest BCUT2D eigenvalue weighted by atomic mass is 9.96. The van der Waals surface area contributed by atoms with Gasteiger partial charge < -0.3 is 4.90 Å². The normalized spacial score (nSPS) is 21.1. The maximum Gasteiger partial charge on any atom is 0.132 e. The van der Waals surface area contributed by atoms with E-state index in [-0.39, 0.29) is 0 Å². The van der Waals surface area contributed by atoms with Crippen molar-refractivity contribution >= 4 is 21.7 Å². The lowest BCUT2D eigenvalue weighted by Gasteiger charge is -2.33. The summed E-state index contributed by atoms with van der Waals surface area (Å²) in [6, 6.07) is 2.08. The van der Waals surface area contributed by atoms with Gasteiger partial charge in [0.1, 0.15) is 12.1 Å². The van der Waals surface area contributed by atoms with Crippen molar-refractivity contribution in [3.05, 3.63) is 18.1 Å². The van der Waals surface area contributed by atoms with E-state index in [9.17, 15) is 0 Å². The molecular weight excluding hydrogens is 266 g/mol. The first-order valence-corrected chi connectivity index (χ1v) is 7.01. The SMILES string of the molecule is Cc1cc(N2CCCC(CCBr)C2)ncn1. The molecule has 16 heavy (non-hydrogen) atoms. The Morgan fingerprint density at radius 1 is 1.50 bits per heavy atom. The van der Waals surface area contributed by atoms with Crippen LogP contribution in [0.25, 0.3) is 0 Å². The summed E-state index contributed by atoms with van der Waals surface area (Å²) in [6.45, 7) is 4.29. The summed E-state index contributed by atoms with van der Waals surface area (Å²) in [5.41, 5.74) is 1.05. The van der Waals surface area contributed by atoms with E-state index in [0.717, 1.165) is 35.8 Å². The molecule has 2 heterocycles. The summed E-state index contributed by atoms with van der Waals surface area (Å²) in [7, 11) is 0. The third-order valence-electron chi connectivity index (χ3n) is 3.15. The summed E-state index contributed by atoms with van der Waals surface area (Å²) < 4.78 is 0. The quantitative estimate of drug-likeness (QED) is 0.799. The third kappa shape index (κ3) is 2.94. The van der Waals surface area contributed by atoms with E-state index in [1.54, 1.807) is 6.33 Å². The van der Waals surface area contributed by atoms with Crippen LogP contribution >= 0.6 is 15.9 Å². The topological polar surface area (TPSA) is 29.0 Å². The van der Waals surface area contributed by atoms with E-state index in [0.29, 0.717) is 0 Å². The molecule has 0 N–H and O–H groups in total. The fourth-order valence-corrected chi connectivity index (χ4v) is 2.92. The van der Waals surface area contributed by atoms with E-state index in [4.69, 9.17) is 0 Å². The number of hydrogen-bond acceptors (Lipinski definition) is 3. The second kappa shape index (κ2) is 5.62. The number of anilines is 1. The predicted molar refractivity (Wildman–Crippen MR) is 70.1 cm³/mol. The highest BCUT2D eigenvalue weighted by atomic mass is 79.9. The second-order valence-corrected chi connectivity index (χ2v) is 5.24. The molecule has 1 fully saturated rings. The average Bonchev–Trinajstić information content (AvgIpc) is 2.30. The van der Waals surface area contributed by atoms with Crippen LogP contribution in [0.15, 0.2) is 12.4 Å². The zero-order valence-corrected chi connectivity index (χ0v) is 11.3. The minimum absolute atomic E-state index is 0.809. The van der Waals surface area contributed by atoms with Crippen LogP contribution < -0.4 is 4.90 Å². The van der Waals surface area contributed by atoms with Crippen LogP contribution in [-0.2, 0) is 0 Å². The van der Waals surface area contributed by atoms with Gasteiger partial charge in [0.25, 0.3) is 0 Å². The van der Waals surface area contributed by atoms with Gasteiger partial charge in [0.05, 0.1) is 0 Å². The molecule has 1 aromatic rings. The molecule has 0 aliphatic carbocycles. The standard InChI is InChI=1S/C12H18BrN3/c1-10-7-12(15-9-14-10)16-6-2-3-11(8-16)4-5-13/h7,9,11H,2-6,8H2,1H3. The fraction of sp³-hybridized carbons (Fsp3) is 0.667. The summed E-state index contributed by atoms with van der Waals surface area (Å²) >= 11 is 3.53. The molecule has 1 aromatic heterocycles. The first kappa shape index (κ1) is 11.8. The molecule has 88 valence electrons. The van der Waals surface area contributed by atoms with Gasteiger partial charge in [-0.3, -0.25) is 0 Å². The number of alkyl halides is 1. The molecule has 1 aliphatic heterocycles. The highest BCUT2D eigenvalue weighted by molar-refractivity contribution is 9.09. The molecule has 0 bridgehead atoms. The monoisotopic (exact) mass is 283 g/mol. The number of nitrogens with zero attached hydrogens (tertiary/aromatic N) is 3. The predicted octanol–water partition coefficient (Wildman–Crippen LogP) is 2.79. The summed E-state index contributed by atoms with van der Waals surface area (Å²) in [4.78, 5) is 10.9. The summed E-state index contributed by atoms with van der Waals surface area (Å²) in [6.07, 6.45) is 5.56. The van der Waals surface area contributed by atoms with Crippen molar-refractivity contribution in [1.82, 2.24) is 9.97 Å². The fourth-order valence-electron chi connectivity index (χ4n) is 2.28. The van der Waals surface area contributed by atoms with Crippen LogP contribution in [0.5, 0.6) is 0 Å².